The second-order valence-electron chi connectivity index (χ2n) is 9.16. The van der Waals surface area contributed by atoms with Crippen LogP contribution in [0.1, 0.15) is 23.1 Å². The van der Waals surface area contributed by atoms with E-state index in [1.165, 1.54) is 28.8 Å². The Bertz CT molecular complexity index is 1080. The van der Waals surface area contributed by atoms with Gasteiger partial charge in [0.2, 0.25) is 0 Å². The molecule has 3 aromatic rings. The molecule has 5 atom stereocenters. The Morgan fingerprint density at radius 2 is 1.59 bits per heavy atom. The molecule has 3 heteroatoms. The average Bonchev–Trinajstić information content (AvgIpc) is 3.14. The summed E-state index contributed by atoms with van der Waals surface area (Å²) in [5.41, 5.74) is 6.10. The van der Waals surface area contributed by atoms with E-state index in [0.717, 1.165) is 19.6 Å². The maximum atomic E-state index is 3.93. The van der Waals surface area contributed by atoms with Crippen molar-refractivity contribution in [2.24, 2.45) is 0 Å². The number of hydrogen-bond donors (Lipinski definition) is 1. The van der Waals surface area contributed by atoms with Crippen molar-refractivity contribution in [1.82, 2.24) is 9.80 Å². The molecule has 1 N–H and O–H groups in total. The van der Waals surface area contributed by atoms with Crippen LogP contribution in [0, 0.1) is 0 Å². The van der Waals surface area contributed by atoms with Gasteiger partial charge in [-0.1, -0.05) is 78.9 Å². The molecule has 7 rings (SSSR count). The van der Waals surface area contributed by atoms with E-state index in [-0.39, 0.29) is 11.0 Å². The molecular weight excluding hydrogens is 354 g/mol. The minimum Gasteiger partial charge on any atom is -0.368 e. The smallest absolute Gasteiger partial charge is 0.0918 e. The standard InChI is InChI=1S/C26H25N3/c1-3-9-19(10-4-1)17-28-16-15-25-21-13-7-8-14-22(21)27-24(25)29-18-26(29,23(25)28)20-11-5-2-6-12-20/h1-14,23-24,27H,15-18H2/t23?,24-,25?,26+,29?/m1/s1. The van der Waals surface area contributed by atoms with Crippen LogP contribution in [0.5, 0.6) is 0 Å². The molecule has 0 aromatic heterocycles. The molecule has 0 amide bonds. The van der Waals surface area contributed by atoms with Crippen molar-refractivity contribution in [1.29, 1.82) is 0 Å². The Morgan fingerprint density at radius 3 is 2.41 bits per heavy atom. The molecule has 3 aromatic carbocycles. The Kier molecular flexibility index (Phi) is 3.07. The van der Waals surface area contributed by atoms with Crippen molar-refractivity contribution >= 4 is 5.69 Å². The number of nitrogens with zero attached hydrogens (tertiary/aromatic N) is 2. The number of rotatable bonds is 3. The summed E-state index contributed by atoms with van der Waals surface area (Å²) in [6.45, 7) is 3.35. The van der Waals surface area contributed by atoms with Crippen molar-refractivity contribution in [3.8, 4) is 0 Å². The normalized spacial score (nSPS) is 36.1. The number of anilines is 1. The van der Waals surface area contributed by atoms with Crippen molar-refractivity contribution in [3.63, 3.8) is 0 Å². The van der Waals surface area contributed by atoms with Crippen LogP contribution in [-0.4, -0.2) is 35.1 Å². The van der Waals surface area contributed by atoms with Gasteiger partial charge in [0.05, 0.1) is 17.1 Å². The lowest BCUT2D eigenvalue weighted by molar-refractivity contribution is 0.180. The van der Waals surface area contributed by atoms with E-state index in [2.05, 4.69) is 100 Å². The van der Waals surface area contributed by atoms with Crippen LogP contribution in [0.4, 0.5) is 5.69 Å². The zero-order valence-corrected chi connectivity index (χ0v) is 16.5. The van der Waals surface area contributed by atoms with Crippen LogP contribution in [0.3, 0.4) is 0 Å². The molecule has 0 saturated carbocycles. The number of benzene rings is 3. The molecule has 0 radical (unpaired) electrons. The number of fused-ring (bicyclic) bond motifs is 4. The van der Waals surface area contributed by atoms with E-state index in [0.29, 0.717) is 12.2 Å². The van der Waals surface area contributed by atoms with Gasteiger partial charge in [-0.2, -0.15) is 0 Å². The molecule has 3 saturated heterocycles. The molecule has 144 valence electrons. The third-order valence-electron chi connectivity index (χ3n) is 7.96. The monoisotopic (exact) mass is 379 g/mol. The van der Waals surface area contributed by atoms with Gasteiger partial charge in [0.1, 0.15) is 0 Å². The third kappa shape index (κ3) is 1.90. The summed E-state index contributed by atoms with van der Waals surface area (Å²) in [6.07, 6.45) is 1.63. The Hall–Kier alpha value is -2.62. The van der Waals surface area contributed by atoms with Gasteiger partial charge in [-0.25, -0.2) is 0 Å². The summed E-state index contributed by atoms with van der Waals surface area (Å²) in [5, 5.41) is 3.93. The average molecular weight is 380 g/mol. The first-order valence-electron chi connectivity index (χ1n) is 10.8. The highest BCUT2D eigenvalue weighted by molar-refractivity contribution is 5.67. The minimum atomic E-state index is 0.137. The maximum absolute atomic E-state index is 3.93. The molecule has 3 fully saturated rings. The van der Waals surface area contributed by atoms with Crippen LogP contribution in [0.2, 0.25) is 0 Å². The molecule has 4 heterocycles. The van der Waals surface area contributed by atoms with Gasteiger partial charge < -0.3 is 5.32 Å². The predicted octanol–water partition coefficient (Wildman–Crippen LogP) is 4.18. The van der Waals surface area contributed by atoms with Gasteiger partial charge in [0.25, 0.3) is 0 Å². The van der Waals surface area contributed by atoms with E-state index in [4.69, 9.17) is 0 Å². The fraction of sp³-hybridized carbons (Fsp3) is 0.308. The summed E-state index contributed by atoms with van der Waals surface area (Å²) < 4.78 is 0. The van der Waals surface area contributed by atoms with Crippen molar-refractivity contribution in [2.75, 3.05) is 18.4 Å². The lowest BCUT2D eigenvalue weighted by Gasteiger charge is -2.37. The summed E-state index contributed by atoms with van der Waals surface area (Å²) in [6, 6.07) is 31.8. The van der Waals surface area contributed by atoms with Crippen LogP contribution < -0.4 is 5.32 Å². The topological polar surface area (TPSA) is 18.3 Å². The zero-order valence-electron chi connectivity index (χ0n) is 16.5. The highest BCUT2D eigenvalue weighted by Crippen LogP contribution is 2.69. The molecule has 0 aliphatic carbocycles. The summed E-state index contributed by atoms with van der Waals surface area (Å²) in [4.78, 5) is 5.52. The summed E-state index contributed by atoms with van der Waals surface area (Å²) in [5.74, 6) is 0. The molecule has 0 bridgehead atoms. The van der Waals surface area contributed by atoms with Gasteiger partial charge in [-0.05, 0) is 35.7 Å². The quantitative estimate of drug-likeness (QED) is 0.689. The largest absolute Gasteiger partial charge is 0.368 e. The number of para-hydroxylation sites is 1. The predicted molar refractivity (Wildman–Crippen MR) is 116 cm³/mol. The maximum Gasteiger partial charge on any atom is 0.0918 e. The third-order valence-corrected chi connectivity index (χ3v) is 7.96. The Morgan fingerprint density at radius 1 is 0.862 bits per heavy atom. The van der Waals surface area contributed by atoms with E-state index >= 15 is 0 Å². The van der Waals surface area contributed by atoms with E-state index in [1.807, 2.05) is 0 Å². The van der Waals surface area contributed by atoms with Gasteiger partial charge in [-0.15, -0.1) is 0 Å². The van der Waals surface area contributed by atoms with Crippen molar-refractivity contribution in [3.05, 3.63) is 102 Å². The lowest BCUT2D eigenvalue weighted by atomic mass is 9.70. The molecule has 3 unspecified atom stereocenters. The number of likely N-dealkylation sites (tertiary alicyclic amines) is 1. The number of piperidine rings is 1. The summed E-state index contributed by atoms with van der Waals surface area (Å²) >= 11 is 0. The van der Waals surface area contributed by atoms with Crippen LogP contribution >= 0.6 is 0 Å². The van der Waals surface area contributed by atoms with Crippen LogP contribution in [0.25, 0.3) is 0 Å². The number of nitrogens with one attached hydrogen (secondary N) is 1. The van der Waals surface area contributed by atoms with Crippen molar-refractivity contribution in [2.45, 2.75) is 36.1 Å². The van der Waals surface area contributed by atoms with E-state index in [1.54, 1.807) is 0 Å². The molecule has 3 nitrogen and oxygen atoms in total. The molecule has 4 aliphatic rings. The second-order valence-corrected chi connectivity index (χ2v) is 9.16. The van der Waals surface area contributed by atoms with Gasteiger partial charge >= 0.3 is 0 Å². The van der Waals surface area contributed by atoms with E-state index < -0.39 is 0 Å². The van der Waals surface area contributed by atoms with Crippen LogP contribution in [0.15, 0.2) is 84.9 Å². The SMILES string of the molecule is c1ccc(CN2CCC34c5ccccc5N[C@@H]3N3C[C@]3(c3ccccc3)C24)cc1. The fourth-order valence-corrected chi connectivity index (χ4v) is 6.93. The van der Waals surface area contributed by atoms with Gasteiger partial charge in [0, 0.05) is 24.8 Å². The van der Waals surface area contributed by atoms with E-state index in [9.17, 15) is 0 Å². The minimum absolute atomic E-state index is 0.137. The first-order valence-corrected chi connectivity index (χ1v) is 10.8. The van der Waals surface area contributed by atoms with Crippen LogP contribution in [-0.2, 0) is 17.5 Å². The second kappa shape index (κ2) is 5.50. The fourth-order valence-electron chi connectivity index (χ4n) is 6.93. The van der Waals surface area contributed by atoms with Gasteiger partial charge in [-0.3, -0.25) is 9.80 Å². The molecule has 1 spiro atoms. The molecule has 29 heavy (non-hydrogen) atoms. The summed E-state index contributed by atoms with van der Waals surface area (Å²) in [7, 11) is 0. The first kappa shape index (κ1) is 16.2. The lowest BCUT2D eigenvalue weighted by Crippen LogP contribution is -2.50. The zero-order chi connectivity index (χ0) is 19.1. The highest BCUT2D eigenvalue weighted by Gasteiger charge is 2.80. The molecular formula is C26H25N3. The Labute approximate surface area is 172 Å². The number of hydrogen-bond acceptors (Lipinski definition) is 3. The highest BCUT2D eigenvalue weighted by atomic mass is 15.5. The first-order chi connectivity index (χ1) is 14.3. The van der Waals surface area contributed by atoms with Crippen molar-refractivity contribution < 1.29 is 0 Å². The van der Waals surface area contributed by atoms with Gasteiger partial charge in [0.15, 0.2) is 0 Å². The Balaban J connectivity index is 1.39. The molecule has 4 aliphatic heterocycles.